The van der Waals surface area contributed by atoms with Gasteiger partial charge in [-0.05, 0) is 55.8 Å². The van der Waals surface area contributed by atoms with E-state index in [1.54, 1.807) is 0 Å². The quantitative estimate of drug-likeness (QED) is 0.714. The van der Waals surface area contributed by atoms with Crippen molar-refractivity contribution in [2.75, 3.05) is 26.2 Å². The first-order valence-corrected chi connectivity index (χ1v) is 11.3. The molecule has 3 aliphatic rings. The molecular weight excluding hydrogens is 374 g/mol. The zero-order chi connectivity index (χ0) is 20.6. The fourth-order valence-electron chi connectivity index (χ4n) is 5.09. The number of piperidine rings is 1. The molecule has 2 aromatic carbocycles. The number of hydrazone groups is 1. The van der Waals surface area contributed by atoms with Crippen LogP contribution in [0.5, 0.6) is 11.5 Å². The highest BCUT2D eigenvalue weighted by Crippen LogP contribution is 2.49. The summed E-state index contributed by atoms with van der Waals surface area (Å²) in [7, 11) is 0. The van der Waals surface area contributed by atoms with E-state index in [0.717, 1.165) is 56.1 Å². The van der Waals surface area contributed by atoms with Crippen LogP contribution >= 0.6 is 0 Å². The molecule has 5 rings (SSSR count). The molecule has 3 heterocycles. The lowest BCUT2D eigenvalue weighted by atomic mass is 9.90. The second-order valence-electron chi connectivity index (χ2n) is 8.50. The van der Waals surface area contributed by atoms with Crippen LogP contribution in [0.15, 0.2) is 53.6 Å². The lowest BCUT2D eigenvalue weighted by Crippen LogP contribution is -2.59. The van der Waals surface area contributed by atoms with E-state index in [-0.39, 0.29) is 11.8 Å². The van der Waals surface area contributed by atoms with E-state index in [1.807, 2.05) is 19.1 Å². The second kappa shape index (κ2) is 7.95. The van der Waals surface area contributed by atoms with Gasteiger partial charge in [0.2, 0.25) is 5.72 Å². The van der Waals surface area contributed by atoms with Crippen LogP contribution in [-0.4, -0.2) is 47.6 Å². The Labute approximate surface area is 179 Å². The molecule has 0 amide bonds. The zero-order valence-electron chi connectivity index (χ0n) is 18.0. The van der Waals surface area contributed by atoms with Crippen molar-refractivity contribution in [1.82, 2.24) is 9.91 Å². The van der Waals surface area contributed by atoms with Gasteiger partial charge in [-0.1, -0.05) is 25.1 Å². The van der Waals surface area contributed by atoms with Gasteiger partial charge >= 0.3 is 0 Å². The van der Waals surface area contributed by atoms with E-state index in [9.17, 15) is 0 Å². The van der Waals surface area contributed by atoms with E-state index in [0.29, 0.717) is 6.61 Å². The van der Waals surface area contributed by atoms with Crippen LogP contribution in [0.2, 0.25) is 0 Å². The number of rotatable bonds is 5. The SMILES string of the molecule is CCCN1CCC2(CC1)Oc1ccccc1[C@@H]1CC(c3ccc(OCC)cc3)=NN12. The number of likely N-dealkylation sites (tertiary alicyclic amines) is 1. The van der Waals surface area contributed by atoms with E-state index in [4.69, 9.17) is 14.6 Å². The van der Waals surface area contributed by atoms with Gasteiger partial charge in [0.15, 0.2) is 0 Å². The maximum absolute atomic E-state index is 6.71. The Hall–Kier alpha value is -2.53. The Balaban J connectivity index is 1.47. The highest BCUT2D eigenvalue weighted by atomic mass is 16.5. The van der Waals surface area contributed by atoms with E-state index < -0.39 is 0 Å². The summed E-state index contributed by atoms with van der Waals surface area (Å²) in [6.45, 7) is 8.23. The molecule has 0 bridgehead atoms. The van der Waals surface area contributed by atoms with Gasteiger partial charge in [0.05, 0.1) is 18.4 Å². The Kier molecular flexibility index (Phi) is 5.15. The van der Waals surface area contributed by atoms with Gasteiger partial charge < -0.3 is 14.4 Å². The minimum Gasteiger partial charge on any atom is -0.494 e. The topological polar surface area (TPSA) is 37.3 Å². The maximum atomic E-state index is 6.71. The fraction of sp³-hybridized carbons (Fsp3) is 0.480. The molecule has 30 heavy (non-hydrogen) atoms. The molecule has 5 heteroatoms. The lowest BCUT2D eigenvalue weighted by Gasteiger charge is -2.51. The summed E-state index contributed by atoms with van der Waals surface area (Å²) >= 11 is 0. The summed E-state index contributed by atoms with van der Waals surface area (Å²) in [6.07, 6.45) is 4.08. The number of para-hydroxylation sites is 1. The molecular formula is C25H31N3O2. The Bertz CT molecular complexity index is 916. The summed E-state index contributed by atoms with van der Waals surface area (Å²) in [5, 5.41) is 7.46. The normalized spacial score (nSPS) is 22.3. The van der Waals surface area contributed by atoms with Crippen molar-refractivity contribution in [2.45, 2.75) is 51.3 Å². The van der Waals surface area contributed by atoms with Gasteiger partial charge in [0.1, 0.15) is 11.5 Å². The van der Waals surface area contributed by atoms with Crippen LogP contribution in [-0.2, 0) is 0 Å². The van der Waals surface area contributed by atoms with Gasteiger partial charge in [-0.2, -0.15) is 5.10 Å². The van der Waals surface area contributed by atoms with E-state index >= 15 is 0 Å². The van der Waals surface area contributed by atoms with Crippen LogP contribution in [0.3, 0.4) is 0 Å². The Morgan fingerprint density at radius 3 is 2.57 bits per heavy atom. The fourth-order valence-corrected chi connectivity index (χ4v) is 5.09. The predicted molar refractivity (Wildman–Crippen MR) is 119 cm³/mol. The van der Waals surface area contributed by atoms with Crippen LogP contribution in [0.4, 0.5) is 0 Å². The molecule has 2 aromatic rings. The molecule has 1 spiro atoms. The number of hydrogen-bond donors (Lipinski definition) is 0. The minimum atomic E-state index is -0.337. The molecule has 5 nitrogen and oxygen atoms in total. The molecule has 0 unspecified atom stereocenters. The third-order valence-electron chi connectivity index (χ3n) is 6.58. The highest BCUT2D eigenvalue weighted by molar-refractivity contribution is 6.02. The van der Waals surface area contributed by atoms with Gasteiger partial charge in [-0.3, -0.25) is 0 Å². The van der Waals surface area contributed by atoms with Crippen molar-refractivity contribution in [1.29, 1.82) is 0 Å². The molecule has 0 aliphatic carbocycles. The average molecular weight is 406 g/mol. The molecule has 158 valence electrons. The summed E-state index contributed by atoms with van der Waals surface area (Å²) in [5.41, 5.74) is 3.22. The van der Waals surface area contributed by atoms with E-state index in [1.165, 1.54) is 17.5 Å². The number of hydrogen-bond acceptors (Lipinski definition) is 5. The highest BCUT2D eigenvalue weighted by Gasteiger charge is 2.51. The largest absolute Gasteiger partial charge is 0.494 e. The average Bonchev–Trinajstić information content (AvgIpc) is 3.23. The molecule has 1 saturated heterocycles. The van der Waals surface area contributed by atoms with Crippen molar-refractivity contribution in [3.8, 4) is 11.5 Å². The summed E-state index contributed by atoms with van der Waals surface area (Å²) < 4.78 is 12.3. The summed E-state index contributed by atoms with van der Waals surface area (Å²) in [6, 6.07) is 17.1. The van der Waals surface area contributed by atoms with Gasteiger partial charge in [-0.25, -0.2) is 5.01 Å². The van der Waals surface area contributed by atoms with Crippen molar-refractivity contribution < 1.29 is 9.47 Å². The van der Waals surface area contributed by atoms with Gasteiger partial charge in [0, 0.05) is 37.9 Å². The molecule has 0 N–H and O–H groups in total. The predicted octanol–water partition coefficient (Wildman–Crippen LogP) is 4.83. The summed E-state index contributed by atoms with van der Waals surface area (Å²) in [5.74, 6) is 1.94. The summed E-state index contributed by atoms with van der Waals surface area (Å²) in [4.78, 5) is 2.55. The molecule has 0 radical (unpaired) electrons. The number of fused-ring (bicyclic) bond motifs is 4. The minimum absolute atomic E-state index is 0.245. The Morgan fingerprint density at radius 1 is 1.07 bits per heavy atom. The molecule has 0 saturated carbocycles. The first kappa shape index (κ1) is 19.4. The zero-order valence-corrected chi connectivity index (χ0v) is 18.0. The standard InChI is InChI=1S/C25H31N3O2/c1-3-15-27-16-13-25(14-17-27)28-23(21-7-5-6-8-24(21)30-25)18-22(26-28)19-9-11-20(12-10-19)29-4-2/h5-12,23H,3-4,13-18H2,1-2H3/t23-/m0/s1. The van der Waals surface area contributed by atoms with Crippen molar-refractivity contribution in [2.24, 2.45) is 5.10 Å². The molecule has 1 atom stereocenters. The van der Waals surface area contributed by atoms with Crippen molar-refractivity contribution in [3.05, 3.63) is 59.7 Å². The van der Waals surface area contributed by atoms with E-state index in [2.05, 4.69) is 53.2 Å². The van der Waals surface area contributed by atoms with Crippen LogP contribution in [0, 0.1) is 0 Å². The molecule has 0 aromatic heterocycles. The number of benzene rings is 2. The number of ether oxygens (including phenoxy) is 2. The van der Waals surface area contributed by atoms with Crippen molar-refractivity contribution >= 4 is 5.71 Å². The third kappa shape index (κ3) is 3.35. The monoisotopic (exact) mass is 405 g/mol. The van der Waals surface area contributed by atoms with Crippen LogP contribution in [0.25, 0.3) is 0 Å². The third-order valence-corrected chi connectivity index (χ3v) is 6.58. The van der Waals surface area contributed by atoms with Gasteiger partial charge in [0.25, 0.3) is 0 Å². The van der Waals surface area contributed by atoms with Crippen molar-refractivity contribution in [3.63, 3.8) is 0 Å². The maximum Gasteiger partial charge on any atom is 0.200 e. The molecule has 1 fully saturated rings. The smallest absolute Gasteiger partial charge is 0.200 e. The lowest BCUT2D eigenvalue weighted by molar-refractivity contribution is -0.149. The van der Waals surface area contributed by atoms with Crippen LogP contribution < -0.4 is 9.47 Å². The molecule has 3 aliphatic heterocycles. The first-order valence-electron chi connectivity index (χ1n) is 11.3. The first-order chi connectivity index (χ1) is 14.7. The number of nitrogens with zero attached hydrogens (tertiary/aromatic N) is 3. The Morgan fingerprint density at radius 2 is 1.83 bits per heavy atom. The van der Waals surface area contributed by atoms with Gasteiger partial charge in [-0.15, -0.1) is 0 Å². The van der Waals surface area contributed by atoms with Crippen LogP contribution in [0.1, 0.15) is 56.7 Å². The second-order valence-corrected chi connectivity index (χ2v) is 8.50.